The molecule has 1 aromatic heterocycles. The smallest absolute Gasteiger partial charge is 0.214 e. The van der Waals surface area contributed by atoms with Crippen molar-refractivity contribution in [1.82, 2.24) is 9.88 Å². The van der Waals surface area contributed by atoms with Crippen LogP contribution in [0.1, 0.15) is 26.7 Å². The fraction of sp³-hybridized carbons (Fsp3) is 0.643. The minimum absolute atomic E-state index is 0.627. The minimum Gasteiger partial charge on any atom is -0.481 e. The monoisotopic (exact) mass is 251 g/mol. The summed E-state index contributed by atoms with van der Waals surface area (Å²) in [6, 6.07) is 4.51. The molecule has 0 radical (unpaired) electrons. The molecule has 4 heteroatoms. The van der Waals surface area contributed by atoms with E-state index in [1.807, 2.05) is 12.1 Å². The van der Waals surface area contributed by atoms with E-state index >= 15 is 0 Å². The lowest BCUT2D eigenvalue weighted by Crippen LogP contribution is -2.27. The van der Waals surface area contributed by atoms with Gasteiger partial charge in [0.1, 0.15) is 0 Å². The Morgan fingerprint density at radius 3 is 2.83 bits per heavy atom. The molecule has 0 saturated carbocycles. The van der Waals surface area contributed by atoms with Crippen LogP contribution in [0.2, 0.25) is 0 Å². The summed E-state index contributed by atoms with van der Waals surface area (Å²) in [6.45, 7) is 6.58. The summed E-state index contributed by atoms with van der Waals surface area (Å²) in [5.74, 6) is 0.652. The number of aromatic nitrogens is 1. The molecule has 0 saturated heterocycles. The molecule has 0 unspecified atom stereocenters. The molecular weight excluding hydrogens is 226 g/mol. The fourth-order valence-electron chi connectivity index (χ4n) is 1.61. The van der Waals surface area contributed by atoms with Crippen LogP contribution in [-0.4, -0.2) is 43.2 Å². The van der Waals surface area contributed by atoms with Crippen LogP contribution in [0.25, 0.3) is 0 Å². The van der Waals surface area contributed by atoms with E-state index in [9.17, 15) is 0 Å². The predicted molar refractivity (Wildman–Crippen MR) is 76.3 cm³/mol. The van der Waals surface area contributed by atoms with Gasteiger partial charge >= 0.3 is 0 Å². The molecule has 1 N–H and O–H groups in total. The van der Waals surface area contributed by atoms with E-state index in [2.05, 4.69) is 36.1 Å². The number of unbranched alkanes of at least 4 members (excludes halogenated alkanes) is 1. The SMILES string of the molecule is COc1cc(NCCCCN(C)C(C)C)ccn1. The summed E-state index contributed by atoms with van der Waals surface area (Å²) < 4.78 is 5.08. The highest BCUT2D eigenvalue weighted by molar-refractivity contribution is 5.44. The van der Waals surface area contributed by atoms with Gasteiger partial charge in [0.15, 0.2) is 0 Å². The van der Waals surface area contributed by atoms with E-state index in [1.54, 1.807) is 13.3 Å². The second kappa shape index (κ2) is 7.93. The zero-order valence-corrected chi connectivity index (χ0v) is 11.9. The normalized spacial score (nSPS) is 11.0. The van der Waals surface area contributed by atoms with Crippen molar-refractivity contribution in [2.24, 2.45) is 0 Å². The van der Waals surface area contributed by atoms with Crippen LogP contribution in [0.3, 0.4) is 0 Å². The third kappa shape index (κ3) is 5.36. The van der Waals surface area contributed by atoms with Crippen molar-refractivity contribution < 1.29 is 4.74 Å². The van der Waals surface area contributed by atoms with Gasteiger partial charge in [0.25, 0.3) is 0 Å². The second-order valence-corrected chi connectivity index (χ2v) is 4.80. The van der Waals surface area contributed by atoms with Gasteiger partial charge in [-0.2, -0.15) is 0 Å². The van der Waals surface area contributed by atoms with Crippen LogP contribution < -0.4 is 10.1 Å². The van der Waals surface area contributed by atoms with Crippen molar-refractivity contribution in [3.63, 3.8) is 0 Å². The second-order valence-electron chi connectivity index (χ2n) is 4.80. The van der Waals surface area contributed by atoms with Crippen molar-refractivity contribution in [2.45, 2.75) is 32.7 Å². The topological polar surface area (TPSA) is 37.4 Å². The van der Waals surface area contributed by atoms with E-state index in [4.69, 9.17) is 4.74 Å². The molecule has 4 nitrogen and oxygen atoms in total. The molecule has 0 bridgehead atoms. The number of pyridine rings is 1. The molecule has 1 aromatic rings. The van der Waals surface area contributed by atoms with Crippen LogP contribution in [0.4, 0.5) is 5.69 Å². The lowest BCUT2D eigenvalue weighted by molar-refractivity contribution is 0.269. The summed E-state index contributed by atoms with van der Waals surface area (Å²) in [4.78, 5) is 6.45. The van der Waals surface area contributed by atoms with Gasteiger partial charge in [0.2, 0.25) is 5.88 Å². The Bertz CT molecular complexity index is 342. The van der Waals surface area contributed by atoms with E-state index in [-0.39, 0.29) is 0 Å². The largest absolute Gasteiger partial charge is 0.481 e. The average molecular weight is 251 g/mol. The van der Waals surface area contributed by atoms with Crippen molar-refractivity contribution in [3.8, 4) is 5.88 Å². The van der Waals surface area contributed by atoms with E-state index in [0.29, 0.717) is 11.9 Å². The standard InChI is InChI=1S/C14H25N3O/c1-12(2)17(3)10-6-5-8-15-13-7-9-16-14(11-13)18-4/h7,9,11-12H,5-6,8,10H2,1-4H3,(H,15,16). The Labute approximate surface area is 110 Å². The summed E-state index contributed by atoms with van der Waals surface area (Å²) in [5, 5.41) is 3.38. The molecule has 1 heterocycles. The zero-order valence-electron chi connectivity index (χ0n) is 11.9. The van der Waals surface area contributed by atoms with Crippen LogP contribution >= 0.6 is 0 Å². The summed E-state index contributed by atoms with van der Waals surface area (Å²) in [6.07, 6.45) is 4.14. The first-order valence-electron chi connectivity index (χ1n) is 6.57. The number of anilines is 1. The number of ether oxygens (including phenoxy) is 1. The first-order valence-corrected chi connectivity index (χ1v) is 6.57. The Hall–Kier alpha value is -1.29. The van der Waals surface area contributed by atoms with Crippen LogP contribution in [0.15, 0.2) is 18.3 Å². The molecule has 0 spiro atoms. The van der Waals surface area contributed by atoms with E-state index in [0.717, 1.165) is 18.8 Å². The van der Waals surface area contributed by atoms with Crippen LogP contribution in [0.5, 0.6) is 5.88 Å². The molecule has 0 atom stereocenters. The lowest BCUT2D eigenvalue weighted by atomic mass is 10.2. The van der Waals surface area contributed by atoms with Gasteiger partial charge in [-0.05, 0) is 46.3 Å². The maximum Gasteiger partial charge on any atom is 0.214 e. The molecular formula is C14H25N3O. The Balaban J connectivity index is 2.17. The highest BCUT2D eigenvalue weighted by Gasteiger charge is 2.01. The van der Waals surface area contributed by atoms with Gasteiger partial charge in [-0.15, -0.1) is 0 Å². The van der Waals surface area contributed by atoms with Crippen molar-refractivity contribution >= 4 is 5.69 Å². The third-order valence-electron chi connectivity index (χ3n) is 3.09. The maximum atomic E-state index is 5.08. The van der Waals surface area contributed by atoms with Gasteiger partial charge in [0.05, 0.1) is 7.11 Å². The Kier molecular flexibility index (Phi) is 6.50. The number of hydrogen-bond donors (Lipinski definition) is 1. The first kappa shape index (κ1) is 14.8. The average Bonchev–Trinajstić information content (AvgIpc) is 2.38. The van der Waals surface area contributed by atoms with Crippen LogP contribution in [0, 0.1) is 0 Å². The van der Waals surface area contributed by atoms with Crippen molar-refractivity contribution in [1.29, 1.82) is 0 Å². The van der Waals surface area contributed by atoms with E-state index in [1.165, 1.54) is 12.8 Å². The highest BCUT2D eigenvalue weighted by Crippen LogP contribution is 2.13. The molecule has 0 aromatic carbocycles. The quantitative estimate of drug-likeness (QED) is 0.721. The van der Waals surface area contributed by atoms with Gasteiger partial charge in [-0.25, -0.2) is 4.98 Å². The number of rotatable bonds is 8. The number of nitrogens with one attached hydrogen (secondary N) is 1. The lowest BCUT2D eigenvalue weighted by Gasteiger charge is -2.20. The summed E-state index contributed by atoms with van der Waals surface area (Å²) in [5.41, 5.74) is 1.07. The molecule has 1 rings (SSSR count). The first-order chi connectivity index (χ1) is 8.63. The molecule has 0 fully saturated rings. The Morgan fingerprint density at radius 2 is 2.17 bits per heavy atom. The predicted octanol–water partition coefficient (Wildman–Crippen LogP) is 2.62. The van der Waals surface area contributed by atoms with Crippen molar-refractivity contribution in [2.75, 3.05) is 32.6 Å². The highest BCUT2D eigenvalue weighted by atomic mass is 16.5. The molecule has 102 valence electrons. The molecule has 0 aliphatic heterocycles. The van der Waals surface area contributed by atoms with Gasteiger partial charge in [-0.3, -0.25) is 0 Å². The molecule has 0 aliphatic rings. The Morgan fingerprint density at radius 1 is 1.39 bits per heavy atom. The third-order valence-corrected chi connectivity index (χ3v) is 3.09. The number of nitrogens with zero attached hydrogens (tertiary/aromatic N) is 2. The maximum absolute atomic E-state index is 5.08. The van der Waals surface area contributed by atoms with Gasteiger partial charge in [-0.1, -0.05) is 0 Å². The fourth-order valence-corrected chi connectivity index (χ4v) is 1.61. The molecule has 18 heavy (non-hydrogen) atoms. The molecule has 0 amide bonds. The van der Waals surface area contributed by atoms with Crippen LogP contribution in [-0.2, 0) is 0 Å². The van der Waals surface area contributed by atoms with E-state index < -0.39 is 0 Å². The summed E-state index contributed by atoms with van der Waals surface area (Å²) >= 11 is 0. The van der Waals surface area contributed by atoms with Gasteiger partial charge in [0, 0.05) is 30.5 Å². The summed E-state index contributed by atoms with van der Waals surface area (Å²) in [7, 11) is 3.81. The molecule has 0 aliphatic carbocycles. The minimum atomic E-state index is 0.627. The van der Waals surface area contributed by atoms with Gasteiger partial charge < -0.3 is 15.0 Å². The zero-order chi connectivity index (χ0) is 13.4. The number of hydrogen-bond acceptors (Lipinski definition) is 4. The number of methoxy groups -OCH3 is 1. The van der Waals surface area contributed by atoms with Crippen molar-refractivity contribution in [3.05, 3.63) is 18.3 Å².